The molecule has 10 heteroatoms. The molecule has 0 saturated heterocycles. The van der Waals surface area contributed by atoms with Crippen molar-refractivity contribution in [3.05, 3.63) is 63.4 Å². The quantitative estimate of drug-likeness (QED) is 0.305. The molecular weight excluding hydrogens is 542 g/mol. The highest BCUT2D eigenvalue weighted by Gasteiger charge is 2.15. The summed E-state index contributed by atoms with van der Waals surface area (Å²) < 4.78 is 8.31. The Bertz CT molecular complexity index is 1210. The number of rotatable bonds is 11. The number of carbonyl (C=O) groups is 2. The van der Waals surface area contributed by atoms with E-state index in [1.165, 1.54) is 17.3 Å². The Morgan fingerprint density at radius 2 is 1.78 bits per heavy atom. The van der Waals surface area contributed by atoms with Gasteiger partial charge in [0.2, 0.25) is 5.91 Å². The summed E-state index contributed by atoms with van der Waals surface area (Å²) in [7, 11) is 0. The number of aryl methyl sites for hydroxylation is 2. The maximum atomic E-state index is 12.5. The number of halogens is 1. The van der Waals surface area contributed by atoms with Crippen LogP contribution in [0.4, 0.5) is 5.69 Å². The lowest BCUT2D eigenvalue weighted by molar-refractivity contribution is -0.123. The van der Waals surface area contributed by atoms with Crippen LogP contribution in [-0.4, -0.2) is 38.9 Å². The number of hydrogen-bond acceptors (Lipinski definition) is 6. The zero-order chi connectivity index (χ0) is 26.2. The molecule has 0 fully saturated rings. The molecule has 0 aliphatic carbocycles. The third-order valence-corrected chi connectivity index (χ3v) is 7.28. The molecule has 0 saturated carbocycles. The van der Waals surface area contributed by atoms with Gasteiger partial charge in [-0.15, -0.1) is 10.2 Å². The number of anilines is 1. The van der Waals surface area contributed by atoms with Crippen LogP contribution in [0, 0.1) is 13.8 Å². The number of ether oxygens (including phenoxy) is 1. The van der Waals surface area contributed by atoms with Gasteiger partial charge < -0.3 is 19.9 Å². The molecule has 192 valence electrons. The lowest BCUT2D eigenvalue weighted by atomic mass is 10.0. The maximum Gasteiger partial charge on any atom is 0.258 e. The van der Waals surface area contributed by atoms with Crippen LogP contribution in [0.3, 0.4) is 0 Å². The van der Waals surface area contributed by atoms with Crippen molar-refractivity contribution in [1.29, 1.82) is 0 Å². The normalized spacial score (nSPS) is 11.0. The molecular formula is C26H32BrN5O3S. The number of nitrogens with zero attached hydrogens (tertiary/aromatic N) is 3. The van der Waals surface area contributed by atoms with Gasteiger partial charge in [-0.3, -0.25) is 9.59 Å². The first-order valence-electron chi connectivity index (χ1n) is 11.8. The van der Waals surface area contributed by atoms with Gasteiger partial charge in [-0.25, -0.2) is 0 Å². The predicted molar refractivity (Wildman–Crippen MR) is 147 cm³/mol. The van der Waals surface area contributed by atoms with Gasteiger partial charge in [0.05, 0.1) is 18.0 Å². The van der Waals surface area contributed by atoms with Gasteiger partial charge in [-0.1, -0.05) is 37.7 Å². The summed E-state index contributed by atoms with van der Waals surface area (Å²) in [5.41, 5.74) is 4.21. The fraction of sp³-hybridized carbons (Fsp3) is 0.385. The summed E-state index contributed by atoms with van der Waals surface area (Å²) in [5, 5.41) is 14.8. The number of hydrogen-bond donors (Lipinski definition) is 2. The Balaban J connectivity index is 1.49. The van der Waals surface area contributed by atoms with E-state index in [4.69, 9.17) is 4.74 Å². The molecule has 2 amide bonds. The molecule has 2 N–H and O–H groups in total. The number of nitrogens with one attached hydrogen (secondary N) is 2. The summed E-state index contributed by atoms with van der Waals surface area (Å²) in [4.78, 5) is 24.8. The van der Waals surface area contributed by atoms with E-state index < -0.39 is 0 Å². The van der Waals surface area contributed by atoms with Crippen LogP contribution < -0.4 is 15.4 Å². The fourth-order valence-corrected chi connectivity index (χ4v) is 4.77. The van der Waals surface area contributed by atoms with E-state index in [0.29, 0.717) is 29.2 Å². The van der Waals surface area contributed by atoms with Crippen LogP contribution >= 0.6 is 27.7 Å². The lowest BCUT2D eigenvalue weighted by Crippen LogP contribution is -2.29. The molecule has 0 atom stereocenters. The summed E-state index contributed by atoms with van der Waals surface area (Å²) in [6.45, 7) is 11.0. The third-order valence-electron chi connectivity index (χ3n) is 5.66. The number of thioether (sulfide) groups is 1. The lowest BCUT2D eigenvalue weighted by Gasteiger charge is -2.11. The zero-order valence-corrected chi connectivity index (χ0v) is 23.6. The second kappa shape index (κ2) is 12.9. The first-order chi connectivity index (χ1) is 17.2. The van der Waals surface area contributed by atoms with E-state index in [1.807, 2.05) is 61.7 Å². The minimum Gasteiger partial charge on any atom is -0.484 e. The minimum absolute atomic E-state index is 0.0862. The summed E-state index contributed by atoms with van der Waals surface area (Å²) >= 11 is 4.80. The molecule has 0 radical (unpaired) electrons. The summed E-state index contributed by atoms with van der Waals surface area (Å²) in [6.07, 6.45) is 0. The number of benzene rings is 2. The topological polar surface area (TPSA) is 98.1 Å². The average molecular weight is 575 g/mol. The van der Waals surface area contributed by atoms with Crippen LogP contribution in [-0.2, 0) is 22.7 Å². The Kier molecular flexibility index (Phi) is 9.95. The van der Waals surface area contributed by atoms with Gasteiger partial charge in [-0.05, 0) is 83.6 Å². The first kappa shape index (κ1) is 27.7. The molecule has 36 heavy (non-hydrogen) atoms. The van der Waals surface area contributed by atoms with E-state index in [2.05, 4.69) is 50.6 Å². The average Bonchev–Trinajstić information content (AvgIpc) is 3.25. The summed E-state index contributed by atoms with van der Waals surface area (Å²) in [5.74, 6) is 1.51. The highest BCUT2D eigenvalue weighted by molar-refractivity contribution is 9.10. The SMILES string of the molecule is CCn1c(CNC(=O)COc2ccc(C(C)C)cc2)nnc1SCC(=O)Nc1cc(C)c(C)cc1Br. The van der Waals surface area contributed by atoms with Crippen molar-refractivity contribution in [3.8, 4) is 5.75 Å². The Hall–Kier alpha value is -2.85. The molecule has 1 heterocycles. The van der Waals surface area contributed by atoms with Gasteiger partial charge >= 0.3 is 0 Å². The molecule has 3 rings (SSSR count). The largest absolute Gasteiger partial charge is 0.484 e. The highest BCUT2D eigenvalue weighted by Crippen LogP contribution is 2.27. The van der Waals surface area contributed by atoms with Crippen molar-refractivity contribution < 1.29 is 14.3 Å². The molecule has 3 aromatic rings. The molecule has 8 nitrogen and oxygen atoms in total. The van der Waals surface area contributed by atoms with Gasteiger partial charge in [-0.2, -0.15) is 0 Å². The molecule has 1 aromatic heterocycles. The molecule has 0 aliphatic rings. The zero-order valence-electron chi connectivity index (χ0n) is 21.2. The molecule has 0 unspecified atom stereocenters. The van der Waals surface area contributed by atoms with Crippen molar-refractivity contribution in [1.82, 2.24) is 20.1 Å². The Morgan fingerprint density at radius 3 is 2.44 bits per heavy atom. The Labute approximate surface area is 224 Å². The minimum atomic E-state index is -0.249. The van der Waals surface area contributed by atoms with Gasteiger partial charge in [0.25, 0.3) is 5.91 Å². The second-order valence-corrected chi connectivity index (χ2v) is 10.5. The van der Waals surface area contributed by atoms with Crippen molar-refractivity contribution in [2.75, 3.05) is 17.7 Å². The van der Waals surface area contributed by atoms with Gasteiger partial charge in [0.15, 0.2) is 17.6 Å². The van der Waals surface area contributed by atoms with Gasteiger partial charge in [0, 0.05) is 11.0 Å². The number of carbonyl (C=O) groups excluding carboxylic acids is 2. The molecule has 2 aromatic carbocycles. The predicted octanol–water partition coefficient (Wildman–Crippen LogP) is 5.23. The van der Waals surface area contributed by atoms with Crippen molar-refractivity contribution >= 4 is 45.2 Å². The summed E-state index contributed by atoms with van der Waals surface area (Å²) in [6, 6.07) is 11.7. The standard InChI is InChI=1S/C26H32BrN5O3S/c1-6-32-23(13-28-24(33)14-35-20-9-7-19(8-10-20)16(2)3)30-31-26(32)36-15-25(34)29-22-12-18(5)17(4)11-21(22)27/h7-12,16H,6,13-15H2,1-5H3,(H,28,33)(H,29,34). The van der Waals surface area contributed by atoms with Gasteiger partial charge in [0.1, 0.15) is 5.75 Å². The maximum absolute atomic E-state index is 12.5. The highest BCUT2D eigenvalue weighted by atomic mass is 79.9. The second-order valence-electron chi connectivity index (χ2n) is 8.69. The smallest absolute Gasteiger partial charge is 0.258 e. The van der Waals surface area contributed by atoms with Crippen LogP contribution in [0.1, 0.15) is 49.2 Å². The van der Waals surface area contributed by atoms with Crippen molar-refractivity contribution in [3.63, 3.8) is 0 Å². The first-order valence-corrected chi connectivity index (χ1v) is 13.6. The van der Waals surface area contributed by atoms with Crippen LogP contribution in [0.25, 0.3) is 0 Å². The van der Waals surface area contributed by atoms with Crippen LogP contribution in [0.15, 0.2) is 46.0 Å². The Morgan fingerprint density at radius 1 is 1.08 bits per heavy atom. The van der Waals surface area contributed by atoms with E-state index in [-0.39, 0.29) is 30.7 Å². The molecule has 0 bridgehead atoms. The van der Waals surface area contributed by atoms with E-state index in [0.717, 1.165) is 21.3 Å². The third kappa shape index (κ3) is 7.57. The van der Waals surface area contributed by atoms with E-state index >= 15 is 0 Å². The van der Waals surface area contributed by atoms with E-state index in [1.54, 1.807) is 0 Å². The van der Waals surface area contributed by atoms with Crippen LogP contribution in [0.5, 0.6) is 5.75 Å². The number of amides is 2. The van der Waals surface area contributed by atoms with Crippen molar-refractivity contribution in [2.24, 2.45) is 0 Å². The fourth-order valence-electron chi connectivity index (χ4n) is 3.39. The monoisotopic (exact) mass is 573 g/mol. The van der Waals surface area contributed by atoms with Crippen molar-refractivity contribution in [2.45, 2.75) is 58.8 Å². The van der Waals surface area contributed by atoms with E-state index in [9.17, 15) is 9.59 Å². The van der Waals surface area contributed by atoms with Crippen LogP contribution in [0.2, 0.25) is 0 Å². The molecule has 0 aliphatic heterocycles. The molecule has 0 spiro atoms. The number of aromatic nitrogens is 3.